The van der Waals surface area contributed by atoms with Gasteiger partial charge in [-0.2, -0.15) is 0 Å². The molecule has 0 fully saturated rings. The van der Waals surface area contributed by atoms with Crippen molar-refractivity contribution in [1.82, 2.24) is 5.32 Å². The number of benzene rings is 1. The lowest BCUT2D eigenvalue weighted by atomic mass is 10.2. The second kappa shape index (κ2) is 7.44. The number of anilines is 1. The van der Waals surface area contributed by atoms with E-state index >= 15 is 0 Å². The average molecular weight is 281 g/mol. The number of aliphatic hydroxyl groups excluding tert-OH is 1. The third-order valence-corrected chi connectivity index (χ3v) is 2.83. The highest BCUT2D eigenvalue weighted by molar-refractivity contribution is 5.82. The molecule has 1 unspecified atom stereocenters. The Balaban J connectivity index is 2.65. The number of nitro groups is 1. The molecule has 7 nitrogen and oxygen atoms in total. The molecule has 2 N–H and O–H groups in total. The van der Waals surface area contributed by atoms with E-state index in [2.05, 4.69) is 5.32 Å². The van der Waals surface area contributed by atoms with Crippen molar-refractivity contribution in [3.63, 3.8) is 0 Å². The number of hydrogen-bond donors (Lipinski definition) is 2. The maximum absolute atomic E-state index is 11.7. The predicted octanol–water partition coefficient (Wildman–Crippen LogP) is 0.776. The molecule has 0 saturated carbocycles. The Morgan fingerprint density at radius 1 is 1.50 bits per heavy atom. The van der Waals surface area contributed by atoms with Crippen molar-refractivity contribution in [2.45, 2.75) is 6.92 Å². The molecular weight excluding hydrogens is 262 g/mol. The molecular formula is C13H19N3O4. The lowest BCUT2D eigenvalue weighted by Gasteiger charge is -2.19. The van der Waals surface area contributed by atoms with Crippen LogP contribution >= 0.6 is 0 Å². The summed E-state index contributed by atoms with van der Waals surface area (Å²) in [6.45, 7) is 2.20. The van der Waals surface area contributed by atoms with E-state index in [0.717, 1.165) is 0 Å². The lowest BCUT2D eigenvalue weighted by molar-refractivity contribution is -0.384. The highest BCUT2D eigenvalue weighted by atomic mass is 16.6. The number of hydrogen-bond acceptors (Lipinski definition) is 5. The Morgan fingerprint density at radius 3 is 2.75 bits per heavy atom. The zero-order valence-electron chi connectivity index (χ0n) is 11.6. The number of nitrogens with zero attached hydrogens (tertiary/aromatic N) is 2. The zero-order valence-corrected chi connectivity index (χ0v) is 11.6. The normalized spacial score (nSPS) is 11.8. The molecule has 1 aromatic carbocycles. The highest BCUT2D eigenvalue weighted by Gasteiger charge is 2.17. The largest absolute Gasteiger partial charge is 0.396 e. The van der Waals surface area contributed by atoms with E-state index in [1.807, 2.05) is 6.92 Å². The van der Waals surface area contributed by atoms with Crippen LogP contribution in [0.3, 0.4) is 0 Å². The van der Waals surface area contributed by atoms with Gasteiger partial charge >= 0.3 is 0 Å². The van der Waals surface area contributed by atoms with Crippen molar-refractivity contribution >= 4 is 17.3 Å². The number of amides is 1. The molecule has 0 heterocycles. The lowest BCUT2D eigenvalue weighted by Crippen LogP contribution is -2.37. The first-order valence-corrected chi connectivity index (χ1v) is 6.27. The standard InChI is InChI=1S/C13H19N3O4/c1-10(9-17)7-14-13(18)8-15(2)11-5-3-4-6-12(11)16(19)20/h3-6,10,17H,7-9H2,1-2H3,(H,14,18). The summed E-state index contributed by atoms with van der Waals surface area (Å²) in [7, 11) is 1.62. The summed E-state index contributed by atoms with van der Waals surface area (Å²) < 4.78 is 0. The molecule has 0 radical (unpaired) electrons. The molecule has 7 heteroatoms. The first-order chi connectivity index (χ1) is 9.45. The Kier molecular flexibility index (Phi) is 5.92. The van der Waals surface area contributed by atoms with E-state index in [-0.39, 0.29) is 30.7 Å². The number of para-hydroxylation sites is 2. The number of aliphatic hydroxyl groups is 1. The van der Waals surface area contributed by atoms with Gasteiger partial charge in [0.05, 0.1) is 11.5 Å². The van der Waals surface area contributed by atoms with Crippen LogP contribution in [0.5, 0.6) is 0 Å². The molecule has 0 bridgehead atoms. The van der Waals surface area contributed by atoms with Crippen LogP contribution in [0.2, 0.25) is 0 Å². The quantitative estimate of drug-likeness (QED) is 0.568. The number of nitrogens with one attached hydrogen (secondary N) is 1. The van der Waals surface area contributed by atoms with Crippen molar-refractivity contribution in [2.24, 2.45) is 5.92 Å². The number of nitro benzene ring substituents is 1. The molecule has 0 aliphatic rings. The summed E-state index contributed by atoms with van der Waals surface area (Å²) in [5, 5.41) is 22.5. The molecule has 1 amide bonds. The molecule has 1 atom stereocenters. The minimum Gasteiger partial charge on any atom is -0.396 e. The monoisotopic (exact) mass is 281 g/mol. The maximum atomic E-state index is 11.7. The molecule has 1 aromatic rings. The topological polar surface area (TPSA) is 95.7 Å². The van der Waals surface area contributed by atoms with Crippen LogP contribution in [-0.4, -0.2) is 42.7 Å². The van der Waals surface area contributed by atoms with E-state index in [0.29, 0.717) is 12.2 Å². The van der Waals surface area contributed by atoms with Crippen molar-refractivity contribution in [2.75, 3.05) is 31.6 Å². The summed E-state index contributed by atoms with van der Waals surface area (Å²) in [4.78, 5) is 23.7. The van der Waals surface area contributed by atoms with Crippen LogP contribution in [-0.2, 0) is 4.79 Å². The summed E-state index contributed by atoms with van der Waals surface area (Å²) in [6, 6.07) is 6.27. The van der Waals surface area contributed by atoms with Gasteiger partial charge in [-0.05, 0) is 12.0 Å². The first-order valence-electron chi connectivity index (χ1n) is 6.27. The highest BCUT2D eigenvalue weighted by Crippen LogP contribution is 2.26. The van der Waals surface area contributed by atoms with Crippen LogP contribution in [0.25, 0.3) is 0 Å². The van der Waals surface area contributed by atoms with Crippen LogP contribution in [0.15, 0.2) is 24.3 Å². The summed E-state index contributed by atoms with van der Waals surface area (Å²) in [6.07, 6.45) is 0. The van der Waals surface area contributed by atoms with Gasteiger partial charge in [-0.3, -0.25) is 14.9 Å². The predicted molar refractivity (Wildman–Crippen MR) is 75.6 cm³/mol. The SMILES string of the molecule is CC(CO)CNC(=O)CN(C)c1ccccc1[N+](=O)[O-]. The van der Waals surface area contributed by atoms with Crippen LogP contribution in [0.4, 0.5) is 11.4 Å². The van der Waals surface area contributed by atoms with Gasteiger partial charge in [0.25, 0.3) is 5.69 Å². The zero-order chi connectivity index (χ0) is 15.1. The van der Waals surface area contributed by atoms with Gasteiger partial charge < -0.3 is 15.3 Å². The molecule has 0 spiro atoms. The second-order valence-corrected chi connectivity index (χ2v) is 4.69. The number of likely N-dealkylation sites (N-methyl/N-ethyl adjacent to an activating group) is 1. The van der Waals surface area contributed by atoms with E-state index in [1.54, 1.807) is 25.2 Å². The van der Waals surface area contributed by atoms with Gasteiger partial charge in [0.1, 0.15) is 5.69 Å². The van der Waals surface area contributed by atoms with E-state index in [1.165, 1.54) is 11.0 Å². The number of carbonyl (C=O) groups is 1. The minimum atomic E-state index is -0.475. The van der Waals surface area contributed by atoms with E-state index in [4.69, 9.17) is 5.11 Å². The molecule has 0 aliphatic heterocycles. The Bertz CT molecular complexity index is 478. The fourth-order valence-corrected chi connectivity index (χ4v) is 1.65. The van der Waals surface area contributed by atoms with Crippen LogP contribution in [0.1, 0.15) is 6.92 Å². The van der Waals surface area contributed by atoms with Crippen molar-refractivity contribution in [1.29, 1.82) is 0 Å². The molecule has 1 rings (SSSR count). The number of carbonyl (C=O) groups excluding carboxylic acids is 1. The fraction of sp³-hybridized carbons (Fsp3) is 0.462. The van der Waals surface area contributed by atoms with E-state index in [9.17, 15) is 14.9 Å². The van der Waals surface area contributed by atoms with Gasteiger partial charge in [-0.15, -0.1) is 0 Å². The molecule has 0 aliphatic carbocycles. The third-order valence-electron chi connectivity index (χ3n) is 2.83. The Morgan fingerprint density at radius 2 is 2.15 bits per heavy atom. The summed E-state index contributed by atoms with van der Waals surface area (Å²) in [5.41, 5.74) is 0.356. The Labute approximate surface area is 117 Å². The third kappa shape index (κ3) is 4.51. The number of rotatable bonds is 7. The van der Waals surface area contributed by atoms with Gasteiger partial charge in [0.15, 0.2) is 0 Å². The van der Waals surface area contributed by atoms with Gasteiger partial charge in [-0.25, -0.2) is 0 Å². The van der Waals surface area contributed by atoms with Crippen LogP contribution in [0, 0.1) is 16.0 Å². The van der Waals surface area contributed by atoms with Gasteiger partial charge in [-0.1, -0.05) is 19.1 Å². The Hall–Kier alpha value is -2.15. The molecule has 0 aromatic heterocycles. The maximum Gasteiger partial charge on any atom is 0.292 e. The van der Waals surface area contributed by atoms with Crippen molar-refractivity contribution in [3.8, 4) is 0 Å². The minimum absolute atomic E-state index is 0.000274. The fourth-order valence-electron chi connectivity index (χ4n) is 1.65. The average Bonchev–Trinajstić information content (AvgIpc) is 2.44. The van der Waals surface area contributed by atoms with Gasteiger partial charge in [0, 0.05) is 26.3 Å². The molecule has 110 valence electrons. The van der Waals surface area contributed by atoms with Crippen molar-refractivity contribution < 1.29 is 14.8 Å². The first kappa shape index (κ1) is 15.9. The van der Waals surface area contributed by atoms with E-state index < -0.39 is 4.92 Å². The smallest absolute Gasteiger partial charge is 0.292 e. The van der Waals surface area contributed by atoms with Crippen LogP contribution < -0.4 is 10.2 Å². The van der Waals surface area contributed by atoms with Crippen molar-refractivity contribution in [3.05, 3.63) is 34.4 Å². The summed E-state index contributed by atoms with van der Waals surface area (Å²) >= 11 is 0. The summed E-state index contributed by atoms with van der Waals surface area (Å²) in [5.74, 6) is -0.263. The second-order valence-electron chi connectivity index (χ2n) is 4.69. The van der Waals surface area contributed by atoms with Gasteiger partial charge in [0.2, 0.25) is 5.91 Å². The molecule has 0 saturated heterocycles. The molecule has 20 heavy (non-hydrogen) atoms.